The molecule has 140 valence electrons. The largest absolute Gasteiger partial charge is 0.497 e. The fraction of sp³-hybridized carbons (Fsp3) is 0.364. The van der Waals surface area contributed by atoms with Crippen LogP contribution < -0.4 is 15.0 Å². The van der Waals surface area contributed by atoms with Gasteiger partial charge in [-0.05, 0) is 55.0 Å². The second kappa shape index (κ2) is 7.43. The molecule has 2 amide bonds. The number of hydrogen-bond acceptors (Lipinski definition) is 3. The van der Waals surface area contributed by atoms with E-state index in [1.54, 1.807) is 12.0 Å². The minimum absolute atomic E-state index is 0.0292. The molecule has 4 rings (SSSR count). The van der Waals surface area contributed by atoms with Crippen molar-refractivity contribution in [1.29, 1.82) is 0 Å². The monoisotopic (exact) mass is 364 g/mol. The van der Waals surface area contributed by atoms with Crippen molar-refractivity contribution in [3.05, 3.63) is 53.6 Å². The smallest absolute Gasteiger partial charge is 0.229 e. The Bertz CT molecular complexity index is 878. The van der Waals surface area contributed by atoms with E-state index in [4.69, 9.17) is 4.74 Å². The Morgan fingerprint density at radius 2 is 1.96 bits per heavy atom. The van der Waals surface area contributed by atoms with Crippen molar-refractivity contribution in [2.45, 2.75) is 32.1 Å². The van der Waals surface area contributed by atoms with E-state index in [2.05, 4.69) is 11.4 Å². The summed E-state index contributed by atoms with van der Waals surface area (Å²) >= 11 is 0. The van der Waals surface area contributed by atoms with Gasteiger partial charge in [-0.15, -0.1) is 0 Å². The van der Waals surface area contributed by atoms with Crippen LogP contribution in [0.2, 0.25) is 0 Å². The van der Waals surface area contributed by atoms with Crippen LogP contribution in [-0.2, 0) is 22.4 Å². The number of hydrogen-bond donors (Lipinski definition) is 1. The molecule has 0 bridgehead atoms. The Hall–Kier alpha value is -2.82. The molecular formula is C22H24N2O3. The van der Waals surface area contributed by atoms with E-state index in [9.17, 15) is 9.59 Å². The Morgan fingerprint density at radius 3 is 2.81 bits per heavy atom. The summed E-state index contributed by atoms with van der Waals surface area (Å²) in [6, 6.07) is 13.5. The summed E-state index contributed by atoms with van der Waals surface area (Å²) in [6.07, 6.45) is 4.68. The number of nitrogens with zero attached hydrogens (tertiary/aromatic N) is 1. The number of methoxy groups -OCH3 is 1. The predicted octanol–water partition coefficient (Wildman–Crippen LogP) is 3.57. The van der Waals surface area contributed by atoms with Crippen LogP contribution in [0.3, 0.4) is 0 Å². The fourth-order valence-corrected chi connectivity index (χ4v) is 4.04. The van der Waals surface area contributed by atoms with Gasteiger partial charge >= 0.3 is 0 Å². The molecule has 1 aliphatic heterocycles. The van der Waals surface area contributed by atoms with E-state index in [1.165, 1.54) is 17.5 Å². The lowest BCUT2D eigenvalue weighted by Gasteiger charge is -2.21. The molecule has 2 aliphatic rings. The number of nitrogens with one attached hydrogen (secondary N) is 1. The van der Waals surface area contributed by atoms with Gasteiger partial charge in [0.25, 0.3) is 0 Å². The highest BCUT2D eigenvalue weighted by atomic mass is 16.5. The van der Waals surface area contributed by atoms with Gasteiger partial charge in [0.1, 0.15) is 5.75 Å². The Kier molecular flexibility index (Phi) is 4.84. The Balaban J connectivity index is 1.48. The van der Waals surface area contributed by atoms with Crippen molar-refractivity contribution in [3.63, 3.8) is 0 Å². The maximum absolute atomic E-state index is 12.8. The molecule has 27 heavy (non-hydrogen) atoms. The average Bonchev–Trinajstić information content (AvgIpc) is 3.10. The van der Waals surface area contributed by atoms with Crippen LogP contribution in [0.15, 0.2) is 42.5 Å². The van der Waals surface area contributed by atoms with Crippen LogP contribution in [0.1, 0.15) is 30.4 Å². The van der Waals surface area contributed by atoms with Gasteiger partial charge in [0, 0.05) is 30.4 Å². The quantitative estimate of drug-likeness (QED) is 0.902. The minimum atomic E-state index is -0.344. The third-order valence-electron chi connectivity index (χ3n) is 5.51. The van der Waals surface area contributed by atoms with E-state index in [1.807, 2.05) is 36.4 Å². The van der Waals surface area contributed by atoms with Crippen molar-refractivity contribution < 1.29 is 14.3 Å². The number of fused-ring (bicyclic) bond motifs is 1. The second-order valence-corrected chi connectivity index (χ2v) is 7.25. The second-order valence-electron chi connectivity index (χ2n) is 7.25. The highest BCUT2D eigenvalue weighted by molar-refractivity contribution is 6.03. The summed E-state index contributed by atoms with van der Waals surface area (Å²) in [7, 11) is 1.60. The van der Waals surface area contributed by atoms with Crippen molar-refractivity contribution in [2.24, 2.45) is 5.92 Å². The zero-order chi connectivity index (χ0) is 18.8. The summed E-state index contributed by atoms with van der Waals surface area (Å²) < 4.78 is 5.24. The first-order valence-corrected chi connectivity index (χ1v) is 9.52. The molecule has 0 saturated carbocycles. The van der Waals surface area contributed by atoms with Gasteiger partial charge in [-0.1, -0.05) is 18.2 Å². The molecule has 1 aliphatic carbocycles. The van der Waals surface area contributed by atoms with Crippen molar-refractivity contribution in [1.82, 2.24) is 0 Å². The summed E-state index contributed by atoms with van der Waals surface area (Å²) in [5, 5.41) is 3.08. The molecule has 1 atom stereocenters. The number of carbonyl (C=O) groups excluding carboxylic acids is 2. The first-order valence-electron chi connectivity index (χ1n) is 9.52. The molecule has 1 fully saturated rings. The van der Waals surface area contributed by atoms with Crippen LogP contribution in [0, 0.1) is 5.92 Å². The van der Waals surface area contributed by atoms with Crippen LogP contribution in [-0.4, -0.2) is 25.5 Å². The number of benzene rings is 2. The van der Waals surface area contributed by atoms with E-state index < -0.39 is 0 Å². The van der Waals surface area contributed by atoms with Crippen LogP contribution >= 0.6 is 0 Å². The third kappa shape index (κ3) is 3.54. The molecule has 5 nitrogen and oxygen atoms in total. The molecule has 0 aromatic heterocycles. The summed E-state index contributed by atoms with van der Waals surface area (Å²) in [5.41, 5.74) is 4.27. The van der Waals surface area contributed by atoms with Crippen LogP contribution in [0.4, 0.5) is 11.4 Å². The maximum Gasteiger partial charge on any atom is 0.229 e. The summed E-state index contributed by atoms with van der Waals surface area (Å²) in [5.74, 6) is 0.249. The van der Waals surface area contributed by atoms with E-state index >= 15 is 0 Å². The van der Waals surface area contributed by atoms with Gasteiger partial charge in [-0.3, -0.25) is 9.59 Å². The van der Waals surface area contributed by atoms with Gasteiger partial charge in [0.2, 0.25) is 11.8 Å². The van der Waals surface area contributed by atoms with Gasteiger partial charge in [-0.25, -0.2) is 0 Å². The molecule has 2 aromatic rings. The number of carbonyl (C=O) groups is 2. The van der Waals surface area contributed by atoms with Gasteiger partial charge in [-0.2, -0.15) is 0 Å². The topological polar surface area (TPSA) is 58.6 Å². The molecule has 1 heterocycles. The lowest BCUT2D eigenvalue weighted by molar-refractivity contribution is -0.122. The van der Waals surface area contributed by atoms with E-state index in [0.717, 1.165) is 30.6 Å². The molecule has 0 radical (unpaired) electrons. The Morgan fingerprint density at radius 1 is 1.15 bits per heavy atom. The van der Waals surface area contributed by atoms with Crippen molar-refractivity contribution >= 4 is 23.2 Å². The Labute approximate surface area is 159 Å². The van der Waals surface area contributed by atoms with Crippen molar-refractivity contribution in [3.8, 4) is 5.75 Å². The first-order chi connectivity index (χ1) is 13.2. The average molecular weight is 364 g/mol. The van der Waals surface area contributed by atoms with Gasteiger partial charge in [0.05, 0.1) is 13.0 Å². The number of amides is 2. The summed E-state index contributed by atoms with van der Waals surface area (Å²) in [6.45, 7) is 0.396. The van der Waals surface area contributed by atoms with Gasteiger partial charge < -0.3 is 15.0 Å². The molecule has 1 saturated heterocycles. The zero-order valence-corrected chi connectivity index (χ0v) is 15.5. The first kappa shape index (κ1) is 17.6. The van der Waals surface area contributed by atoms with E-state index in [-0.39, 0.29) is 24.2 Å². The SMILES string of the molecule is COc1cccc(N2C[C@H](C(=O)Nc3cccc4c3CCCC4)CC2=O)c1. The number of rotatable bonds is 4. The maximum atomic E-state index is 12.8. The van der Waals surface area contributed by atoms with Crippen LogP contribution in [0.5, 0.6) is 5.75 Å². The molecule has 5 heteroatoms. The molecule has 0 spiro atoms. The molecule has 2 aromatic carbocycles. The number of aryl methyl sites for hydroxylation is 1. The highest BCUT2D eigenvalue weighted by Gasteiger charge is 2.35. The molecule has 1 N–H and O–H groups in total. The predicted molar refractivity (Wildman–Crippen MR) is 105 cm³/mol. The molecule has 0 unspecified atom stereocenters. The fourth-order valence-electron chi connectivity index (χ4n) is 4.04. The van der Waals surface area contributed by atoms with Gasteiger partial charge in [0.15, 0.2) is 0 Å². The standard InChI is InChI=1S/C22H24N2O3/c1-27-18-9-5-8-17(13-18)24-14-16(12-21(24)25)22(26)23-20-11-4-7-15-6-2-3-10-19(15)20/h4-5,7-9,11,13,16H,2-3,6,10,12,14H2,1H3,(H,23,26)/t16-/m1/s1. The minimum Gasteiger partial charge on any atom is -0.497 e. The third-order valence-corrected chi connectivity index (χ3v) is 5.51. The number of ether oxygens (including phenoxy) is 1. The zero-order valence-electron chi connectivity index (χ0n) is 15.5. The van der Waals surface area contributed by atoms with E-state index in [0.29, 0.717) is 12.3 Å². The van der Waals surface area contributed by atoms with Crippen molar-refractivity contribution in [2.75, 3.05) is 23.9 Å². The highest BCUT2D eigenvalue weighted by Crippen LogP contribution is 2.31. The number of anilines is 2. The summed E-state index contributed by atoms with van der Waals surface area (Å²) in [4.78, 5) is 27.0. The molecular weight excluding hydrogens is 340 g/mol. The van der Waals surface area contributed by atoms with Crippen LogP contribution in [0.25, 0.3) is 0 Å². The lowest BCUT2D eigenvalue weighted by Crippen LogP contribution is -2.28. The lowest BCUT2D eigenvalue weighted by atomic mass is 9.90. The normalized spacial score (nSPS) is 18.9.